The smallest absolute Gasteiger partial charge is 0.338 e. The second kappa shape index (κ2) is 5.90. The number of aromatic carboxylic acids is 2. The van der Waals surface area contributed by atoms with Crippen molar-refractivity contribution in [2.45, 2.75) is 20.4 Å². The highest BCUT2D eigenvalue weighted by Crippen LogP contribution is 2.25. The molecule has 2 rings (SSSR count). The van der Waals surface area contributed by atoms with Gasteiger partial charge >= 0.3 is 11.9 Å². The molecule has 0 bridgehead atoms. The van der Waals surface area contributed by atoms with Gasteiger partial charge < -0.3 is 19.6 Å². The molecule has 0 fully saturated rings. The minimum absolute atomic E-state index is 0.110. The van der Waals surface area contributed by atoms with Crippen molar-refractivity contribution in [1.29, 1.82) is 0 Å². The number of furan rings is 1. The number of nitrogens with two attached hydrogens (primary N) is 1. The summed E-state index contributed by atoms with van der Waals surface area (Å²) in [5.41, 5.74) is 0.407. The second-order valence-corrected chi connectivity index (χ2v) is 4.89. The topological polar surface area (TPSA) is 117 Å². The Bertz CT molecular complexity index is 716. The fourth-order valence-corrected chi connectivity index (χ4v) is 2.16. The summed E-state index contributed by atoms with van der Waals surface area (Å²) < 4.78 is 5.50. The molecule has 0 aliphatic carbocycles. The van der Waals surface area contributed by atoms with Crippen molar-refractivity contribution in [1.82, 2.24) is 0 Å². The Morgan fingerprint density at radius 3 is 2.41 bits per heavy atom. The van der Waals surface area contributed by atoms with Crippen LogP contribution in [0.5, 0.6) is 0 Å². The van der Waals surface area contributed by atoms with Crippen molar-refractivity contribution < 1.29 is 24.2 Å². The Morgan fingerprint density at radius 1 is 1.23 bits per heavy atom. The zero-order chi connectivity index (χ0) is 16.4. The third kappa shape index (κ3) is 2.94. The van der Waals surface area contributed by atoms with Crippen LogP contribution in [0.25, 0.3) is 0 Å². The number of rotatable bonds is 5. The van der Waals surface area contributed by atoms with E-state index in [0.29, 0.717) is 5.76 Å². The normalized spacial score (nSPS) is 10.5. The van der Waals surface area contributed by atoms with Gasteiger partial charge in [-0.2, -0.15) is 0 Å². The first-order chi connectivity index (χ1) is 10.3. The van der Waals surface area contributed by atoms with Crippen molar-refractivity contribution in [2.24, 2.45) is 5.84 Å². The lowest BCUT2D eigenvalue weighted by Gasteiger charge is -2.20. The summed E-state index contributed by atoms with van der Waals surface area (Å²) in [5.74, 6) is 4.55. The standard InChI is InChI=1S/C15H16N2O5/c1-8-6-10(22-9(8)2)7-17(16)12-5-3-4-11(14(18)19)13(12)15(20)21/h3-6H,7,16H2,1-2H3,(H,18,19)(H,20,21). The molecule has 2 aromatic rings. The van der Waals surface area contributed by atoms with Gasteiger partial charge in [-0.25, -0.2) is 15.4 Å². The summed E-state index contributed by atoms with van der Waals surface area (Å²) in [5, 5.41) is 19.6. The lowest BCUT2D eigenvalue weighted by atomic mass is 10.0. The molecule has 1 heterocycles. The van der Waals surface area contributed by atoms with E-state index in [1.807, 2.05) is 13.8 Å². The lowest BCUT2D eigenvalue weighted by molar-refractivity contribution is 0.0652. The van der Waals surface area contributed by atoms with E-state index in [2.05, 4.69) is 0 Å². The van der Waals surface area contributed by atoms with Crippen molar-refractivity contribution in [3.05, 3.63) is 52.5 Å². The van der Waals surface area contributed by atoms with E-state index in [1.54, 1.807) is 6.07 Å². The van der Waals surface area contributed by atoms with Crippen LogP contribution in [0.2, 0.25) is 0 Å². The molecule has 4 N–H and O–H groups in total. The molecule has 0 saturated heterocycles. The lowest BCUT2D eigenvalue weighted by Crippen LogP contribution is -2.32. The molecule has 1 aromatic heterocycles. The van der Waals surface area contributed by atoms with Crippen molar-refractivity contribution >= 4 is 17.6 Å². The summed E-state index contributed by atoms with van der Waals surface area (Å²) in [6, 6.07) is 5.93. The van der Waals surface area contributed by atoms with Crippen molar-refractivity contribution in [3.8, 4) is 0 Å². The fraction of sp³-hybridized carbons (Fsp3) is 0.200. The Morgan fingerprint density at radius 2 is 1.91 bits per heavy atom. The Balaban J connectivity index is 2.40. The molecule has 1 aromatic carbocycles. The van der Waals surface area contributed by atoms with Gasteiger partial charge in [0.1, 0.15) is 11.5 Å². The Labute approximate surface area is 126 Å². The molecular formula is C15H16N2O5. The number of anilines is 1. The van der Waals surface area contributed by atoms with Crippen LogP contribution in [0, 0.1) is 13.8 Å². The largest absolute Gasteiger partial charge is 0.478 e. The molecule has 0 atom stereocenters. The average molecular weight is 304 g/mol. The SMILES string of the molecule is Cc1cc(CN(N)c2cccc(C(=O)O)c2C(=O)O)oc1C. The van der Waals surface area contributed by atoms with Crippen LogP contribution in [0.3, 0.4) is 0 Å². The minimum Gasteiger partial charge on any atom is -0.478 e. The number of hydrogen-bond acceptors (Lipinski definition) is 5. The summed E-state index contributed by atoms with van der Waals surface area (Å²) in [6.07, 6.45) is 0. The van der Waals surface area contributed by atoms with E-state index in [0.717, 1.165) is 16.3 Å². The van der Waals surface area contributed by atoms with Gasteiger partial charge in [-0.05, 0) is 37.6 Å². The second-order valence-electron chi connectivity index (χ2n) is 4.89. The van der Waals surface area contributed by atoms with Gasteiger partial charge in [0.05, 0.1) is 23.4 Å². The van der Waals surface area contributed by atoms with Gasteiger partial charge in [0.25, 0.3) is 0 Å². The molecule has 0 radical (unpaired) electrons. The van der Waals surface area contributed by atoms with E-state index < -0.39 is 11.9 Å². The average Bonchev–Trinajstić information content (AvgIpc) is 2.76. The maximum atomic E-state index is 11.4. The molecule has 0 amide bonds. The molecular weight excluding hydrogens is 288 g/mol. The maximum Gasteiger partial charge on any atom is 0.338 e. The number of nitrogens with zero attached hydrogens (tertiary/aromatic N) is 1. The van der Waals surface area contributed by atoms with Crippen LogP contribution >= 0.6 is 0 Å². The number of hydrazine groups is 1. The molecule has 0 spiro atoms. The van der Waals surface area contributed by atoms with E-state index in [1.165, 1.54) is 18.2 Å². The van der Waals surface area contributed by atoms with Gasteiger partial charge in [-0.15, -0.1) is 0 Å². The van der Waals surface area contributed by atoms with Crippen LogP contribution in [-0.4, -0.2) is 22.2 Å². The summed E-state index contributed by atoms with van der Waals surface area (Å²) in [6.45, 7) is 3.82. The van der Waals surface area contributed by atoms with E-state index in [4.69, 9.17) is 15.4 Å². The van der Waals surface area contributed by atoms with Crippen LogP contribution < -0.4 is 10.9 Å². The summed E-state index contributed by atoms with van der Waals surface area (Å²) >= 11 is 0. The van der Waals surface area contributed by atoms with Crippen LogP contribution in [0.4, 0.5) is 5.69 Å². The van der Waals surface area contributed by atoms with Crippen molar-refractivity contribution in [2.75, 3.05) is 5.01 Å². The zero-order valence-corrected chi connectivity index (χ0v) is 12.2. The van der Waals surface area contributed by atoms with E-state index in [9.17, 15) is 14.7 Å². The maximum absolute atomic E-state index is 11.4. The third-order valence-corrected chi connectivity index (χ3v) is 3.34. The highest BCUT2D eigenvalue weighted by atomic mass is 16.4. The summed E-state index contributed by atoms with van der Waals surface area (Å²) in [4.78, 5) is 22.6. The van der Waals surface area contributed by atoms with E-state index in [-0.39, 0.29) is 23.4 Å². The molecule has 0 aliphatic rings. The van der Waals surface area contributed by atoms with Gasteiger partial charge in [0.15, 0.2) is 0 Å². The number of carboxylic acid groups (broad SMARTS) is 2. The predicted molar refractivity (Wildman–Crippen MR) is 78.9 cm³/mol. The first kappa shape index (κ1) is 15.6. The number of carboxylic acids is 2. The first-order valence-corrected chi connectivity index (χ1v) is 6.49. The molecule has 0 saturated carbocycles. The Kier molecular flexibility index (Phi) is 4.18. The third-order valence-electron chi connectivity index (χ3n) is 3.34. The molecule has 0 aliphatic heterocycles. The highest BCUT2D eigenvalue weighted by molar-refractivity contribution is 6.05. The van der Waals surface area contributed by atoms with Gasteiger partial charge in [0, 0.05) is 0 Å². The minimum atomic E-state index is -1.35. The highest BCUT2D eigenvalue weighted by Gasteiger charge is 2.22. The number of carbonyl (C=O) groups is 2. The van der Waals surface area contributed by atoms with Crippen molar-refractivity contribution in [3.63, 3.8) is 0 Å². The Hall–Kier alpha value is -2.80. The monoisotopic (exact) mass is 304 g/mol. The predicted octanol–water partition coefficient (Wildman–Crippen LogP) is 2.17. The van der Waals surface area contributed by atoms with Crippen LogP contribution in [-0.2, 0) is 6.54 Å². The van der Waals surface area contributed by atoms with Crippen LogP contribution in [0.1, 0.15) is 37.8 Å². The fourth-order valence-electron chi connectivity index (χ4n) is 2.16. The zero-order valence-electron chi connectivity index (χ0n) is 12.2. The molecule has 22 heavy (non-hydrogen) atoms. The number of hydrogen-bond donors (Lipinski definition) is 3. The number of benzene rings is 1. The molecule has 0 unspecified atom stereocenters. The van der Waals surface area contributed by atoms with Crippen LogP contribution in [0.15, 0.2) is 28.7 Å². The summed E-state index contributed by atoms with van der Waals surface area (Å²) in [7, 11) is 0. The van der Waals surface area contributed by atoms with Gasteiger partial charge in [0.2, 0.25) is 0 Å². The van der Waals surface area contributed by atoms with E-state index >= 15 is 0 Å². The first-order valence-electron chi connectivity index (χ1n) is 6.49. The number of aryl methyl sites for hydroxylation is 2. The van der Waals surface area contributed by atoms with Gasteiger partial charge in [-0.3, -0.25) is 0 Å². The van der Waals surface area contributed by atoms with Gasteiger partial charge in [-0.1, -0.05) is 6.07 Å². The quantitative estimate of drug-likeness (QED) is 0.572. The molecule has 116 valence electrons. The molecule has 7 heteroatoms. The molecule has 7 nitrogen and oxygen atoms in total.